The third kappa shape index (κ3) is 6.19. The first kappa shape index (κ1) is 24.4. The van der Waals surface area contributed by atoms with E-state index in [0.29, 0.717) is 12.6 Å². The lowest BCUT2D eigenvalue weighted by Crippen LogP contribution is -2.45. The summed E-state index contributed by atoms with van der Waals surface area (Å²) < 4.78 is 1.98. The molecular weight excluding hydrogens is 513 g/mol. The quantitative estimate of drug-likeness (QED) is 0.267. The number of fused-ring (bicyclic) bond motifs is 1. The third-order valence-corrected chi connectivity index (χ3v) is 6.01. The summed E-state index contributed by atoms with van der Waals surface area (Å²) >= 11 is 0. The molecule has 1 fully saturated rings. The number of likely N-dealkylation sites (tertiary alicyclic amines) is 1. The summed E-state index contributed by atoms with van der Waals surface area (Å²) in [4.78, 5) is 7.39. The largest absolute Gasteiger partial charge is 0.357 e. The molecule has 1 atom stereocenters. The van der Waals surface area contributed by atoms with E-state index in [1.54, 1.807) is 0 Å². The Balaban J connectivity index is 0.00000289. The second kappa shape index (κ2) is 12.2. The third-order valence-electron chi connectivity index (χ3n) is 6.01. The average molecular weight is 547 g/mol. The number of piperidine rings is 1. The van der Waals surface area contributed by atoms with Crippen molar-refractivity contribution < 1.29 is 0 Å². The molecule has 2 N–H and O–H groups in total. The van der Waals surface area contributed by atoms with E-state index >= 15 is 0 Å². The fraction of sp³-hybridized carbons (Fsp3) is 0.458. The fourth-order valence-corrected chi connectivity index (χ4v) is 4.16. The highest BCUT2D eigenvalue weighted by molar-refractivity contribution is 14.0. The summed E-state index contributed by atoms with van der Waals surface area (Å²) in [6.07, 6.45) is 4.50. The van der Waals surface area contributed by atoms with E-state index in [4.69, 9.17) is 4.99 Å². The van der Waals surface area contributed by atoms with Crippen molar-refractivity contribution in [2.75, 3.05) is 26.2 Å². The molecule has 7 nitrogen and oxygen atoms in total. The van der Waals surface area contributed by atoms with Crippen LogP contribution in [0.5, 0.6) is 0 Å². The summed E-state index contributed by atoms with van der Waals surface area (Å²) in [5.74, 6) is 2.46. The van der Waals surface area contributed by atoms with Crippen LogP contribution in [-0.4, -0.2) is 51.6 Å². The zero-order chi connectivity index (χ0) is 21.5. The molecular formula is C24H34IN7. The highest BCUT2D eigenvalue weighted by Crippen LogP contribution is 2.26. The molecule has 172 valence electrons. The summed E-state index contributed by atoms with van der Waals surface area (Å²) in [6.45, 7) is 8.82. The minimum Gasteiger partial charge on any atom is -0.357 e. The Labute approximate surface area is 207 Å². The molecule has 1 saturated heterocycles. The number of guanidine groups is 1. The van der Waals surface area contributed by atoms with Gasteiger partial charge in [-0.05, 0) is 56.5 Å². The lowest BCUT2D eigenvalue weighted by molar-refractivity contribution is 0.138. The molecule has 0 aliphatic carbocycles. The van der Waals surface area contributed by atoms with Crippen molar-refractivity contribution >= 4 is 35.6 Å². The van der Waals surface area contributed by atoms with Crippen molar-refractivity contribution in [3.05, 3.63) is 66.1 Å². The molecule has 0 radical (unpaired) electrons. The van der Waals surface area contributed by atoms with Crippen LogP contribution in [0.1, 0.15) is 44.1 Å². The molecule has 0 spiro atoms. The van der Waals surface area contributed by atoms with Crippen LogP contribution in [0.15, 0.2) is 59.7 Å². The van der Waals surface area contributed by atoms with Crippen molar-refractivity contribution in [2.45, 2.75) is 39.3 Å². The zero-order valence-electron chi connectivity index (χ0n) is 18.9. The Morgan fingerprint density at radius 1 is 1.06 bits per heavy atom. The number of halogens is 1. The lowest BCUT2D eigenvalue weighted by atomic mass is 9.95. The second-order valence-electron chi connectivity index (χ2n) is 8.27. The van der Waals surface area contributed by atoms with Crippen molar-refractivity contribution in [1.82, 2.24) is 30.1 Å². The van der Waals surface area contributed by atoms with Crippen LogP contribution in [0.25, 0.3) is 5.65 Å². The maximum absolute atomic E-state index is 4.78. The maximum atomic E-state index is 4.78. The first-order valence-electron chi connectivity index (χ1n) is 11.3. The van der Waals surface area contributed by atoms with E-state index in [1.807, 2.05) is 28.8 Å². The van der Waals surface area contributed by atoms with Crippen LogP contribution in [-0.2, 0) is 6.54 Å². The van der Waals surface area contributed by atoms with Crippen molar-refractivity contribution in [3.63, 3.8) is 0 Å². The van der Waals surface area contributed by atoms with Crippen molar-refractivity contribution in [2.24, 2.45) is 10.9 Å². The normalized spacial score (nSPS) is 16.5. The summed E-state index contributed by atoms with van der Waals surface area (Å²) in [5, 5.41) is 15.5. The summed E-state index contributed by atoms with van der Waals surface area (Å²) in [7, 11) is 0. The van der Waals surface area contributed by atoms with E-state index in [0.717, 1.165) is 49.5 Å². The molecule has 1 aliphatic rings. The van der Waals surface area contributed by atoms with Gasteiger partial charge in [0, 0.05) is 19.3 Å². The molecule has 1 aromatic carbocycles. The maximum Gasteiger partial charge on any atom is 0.191 e. The molecule has 32 heavy (non-hydrogen) atoms. The van der Waals surface area contributed by atoms with Gasteiger partial charge in [0.15, 0.2) is 17.4 Å². The lowest BCUT2D eigenvalue weighted by Gasteiger charge is -2.37. The Morgan fingerprint density at radius 3 is 2.56 bits per heavy atom. The van der Waals surface area contributed by atoms with Gasteiger partial charge in [-0.1, -0.05) is 43.3 Å². The first-order valence-corrected chi connectivity index (χ1v) is 11.3. The fourth-order valence-electron chi connectivity index (χ4n) is 4.16. The molecule has 8 heteroatoms. The van der Waals surface area contributed by atoms with Gasteiger partial charge in [0.25, 0.3) is 0 Å². The first-order chi connectivity index (χ1) is 15.2. The summed E-state index contributed by atoms with van der Waals surface area (Å²) in [5.41, 5.74) is 2.19. The molecule has 0 saturated carbocycles. The molecule has 3 aromatic rings. The van der Waals surface area contributed by atoms with Crippen molar-refractivity contribution in [1.29, 1.82) is 0 Å². The number of benzene rings is 1. The van der Waals surface area contributed by atoms with Gasteiger partial charge in [-0.15, -0.1) is 34.2 Å². The van der Waals surface area contributed by atoms with Gasteiger partial charge in [0.05, 0.1) is 6.04 Å². The molecule has 1 unspecified atom stereocenters. The van der Waals surface area contributed by atoms with Crippen LogP contribution in [0, 0.1) is 5.92 Å². The van der Waals surface area contributed by atoms with E-state index in [-0.39, 0.29) is 24.0 Å². The van der Waals surface area contributed by atoms with Gasteiger partial charge < -0.3 is 10.6 Å². The minimum atomic E-state index is 0. The number of rotatable bonds is 7. The standard InChI is InChI=1S/C24H33N7.HI/c1-3-25-24(27-18-23-29-28-22-11-7-8-14-31(22)23)26-17-21(20-9-5-4-6-10-20)30-15-12-19(2)13-16-30;/h4-11,14,19,21H,3,12-13,15-18H2,1-2H3,(H2,25,26,27);1H. The summed E-state index contributed by atoms with van der Waals surface area (Å²) in [6, 6.07) is 17.0. The number of hydrogen-bond acceptors (Lipinski definition) is 4. The van der Waals surface area contributed by atoms with E-state index in [2.05, 4.69) is 69.9 Å². The molecule has 0 bridgehead atoms. The monoisotopic (exact) mass is 547 g/mol. The second-order valence-corrected chi connectivity index (χ2v) is 8.27. The number of hydrogen-bond donors (Lipinski definition) is 2. The Kier molecular flexibility index (Phi) is 9.28. The van der Waals surface area contributed by atoms with Crippen LogP contribution < -0.4 is 10.6 Å². The average Bonchev–Trinajstić information content (AvgIpc) is 3.22. The van der Waals surface area contributed by atoms with Gasteiger partial charge in [-0.25, -0.2) is 4.99 Å². The van der Waals surface area contributed by atoms with Crippen LogP contribution in [0.4, 0.5) is 0 Å². The molecule has 0 amide bonds. The Bertz CT molecular complexity index is 980. The Hall–Kier alpha value is -2.20. The minimum absolute atomic E-state index is 0. The van der Waals surface area contributed by atoms with Crippen LogP contribution in [0.2, 0.25) is 0 Å². The predicted octanol–water partition coefficient (Wildman–Crippen LogP) is 3.88. The number of pyridine rings is 1. The van der Waals surface area contributed by atoms with Gasteiger partial charge in [0.2, 0.25) is 0 Å². The zero-order valence-corrected chi connectivity index (χ0v) is 21.3. The highest BCUT2D eigenvalue weighted by atomic mass is 127. The molecule has 1 aliphatic heterocycles. The van der Waals surface area contributed by atoms with Gasteiger partial charge in [-0.2, -0.15) is 0 Å². The molecule has 4 rings (SSSR count). The SMILES string of the molecule is CCNC(=NCc1nnc2ccccn12)NCC(c1ccccc1)N1CCC(C)CC1.I. The van der Waals surface area contributed by atoms with E-state index in [9.17, 15) is 0 Å². The Morgan fingerprint density at radius 2 is 1.81 bits per heavy atom. The molecule has 3 heterocycles. The van der Waals surface area contributed by atoms with E-state index in [1.165, 1.54) is 18.4 Å². The van der Waals surface area contributed by atoms with E-state index < -0.39 is 0 Å². The molecule has 2 aromatic heterocycles. The van der Waals surface area contributed by atoms with Gasteiger partial charge >= 0.3 is 0 Å². The number of aliphatic imine (C=N–C) groups is 1. The number of aromatic nitrogens is 3. The van der Waals surface area contributed by atoms with Gasteiger partial charge in [0.1, 0.15) is 6.54 Å². The van der Waals surface area contributed by atoms with Crippen LogP contribution in [0.3, 0.4) is 0 Å². The highest BCUT2D eigenvalue weighted by Gasteiger charge is 2.24. The topological polar surface area (TPSA) is 69.8 Å². The predicted molar refractivity (Wildman–Crippen MR) is 140 cm³/mol. The number of nitrogens with zero attached hydrogens (tertiary/aromatic N) is 5. The van der Waals surface area contributed by atoms with Crippen LogP contribution >= 0.6 is 24.0 Å². The van der Waals surface area contributed by atoms with Gasteiger partial charge in [-0.3, -0.25) is 9.30 Å². The smallest absolute Gasteiger partial charge is 0.191 e. The number of nitrogens with one attached hydrogen (secondary N) is 2. The van der Waals surface area contributed by atoms with Crippen molar-refractivity contribution in [3.8, 4) is 0 Å².